The number of rotatable bonds is 5. The van der Waals surface area contributed by atoms with Crippen molar-refractivity contribution in [3.8, 4) is 6.07 Å². The van der Waals surface area contributed by atoms with Crippen LogP contribution in [0.3, 0.4) is 0 Å². The summed E-state index contributed by atoms with van der Waals surface area (Å²) in [5.74, 6) is 0.441. The molecule has 3 rings (SSSR count). The monoisotopic (exact) mass is 383 g/mol. The molecule has 0 aliphatic carbocycles. The zero-order valence-electron chi connectivity index (χ0n) is 17.4. The van der Waals surface area contributed by atoms with E-state index in [0.29, 0.717) is 24.6 Å². The van der Waals surface area contributed by atoms with Gasteiger partial charge in [0.2, 0.25) is 0 Å². The Morgan fingerprint density at radius 2 is 1.93 bits per heavy atom. The smallest absolute Gasteiger partial charge is 0.407 e. The van der Waals surface area contributed by atoms with Crippen LogP contribution < -0.4 is 0 Å². The minimum atomic E-state index is -0.769. The van der Waals surface area contributed by atoms with Crippen LogP contribution in [0.15, 0.2) is 24.3 Å². The molecule has 1 N–H and O–H groups in total. The van der Waals surface area contributed by atoms with Crippen LogP contribution in [0.2, 0.25) is 0 Å². The van der Waals surface area contributed by atoms with Crippen LogP contribution in [0.1, 0.15) is 51.2 Å². The molecule has 2 atom stereocenters. The lowest BCUT2D eigenvalue weighted by molar-refractivity contribution is -0.0875. The molecule has 2 saturated heterocycles. The molecule has 2 bridgehead atoms. The summed E-state index contributed by atoms with van der Waals surface area (Å²) in [5.41, 5.74) is 2.13. The number of piperidine rings is 2. The number of unbranched alkanes of at least 4 members (excludes halogenated alkanes) is 1. The molecule has 0 saturated carbocycles. The lowest BCUT2D eigenvalue weighted by Gasteiger charge is -2.58. The summed E-state index contributed by atoms with van der Waals surface area (Å²) in [4.78, 5) is 15.9. The quantitative estimate of drug-likeness (QED) is 0.773. The number of hydrogen-bond acceptors (Lipinski definition) is 3. The zero-order chi connectivity index (χ0) is 20.4. The maximum atomic E-state index is 11.6. The van der Waals surface area contributed by atoms with Crippen LogP contribution in [0.5, 0.6) is 0 Å². The van der Waals surface area contributed by atoms with Gasteiger partial charge in [-0.05, 0) is 61.3 Å². The highest BCUT2D eigenvalue weighted by Gasteiger charge is 2.52. The van der Waals surface area contributed by atoms with Crippen molar-refractivity contribution in [3.63, 3.8) is 0 Å². The van der Waals surface area contributed by atoms with Gasteiger partial charge in [-0.2, -0.15) is 5.26 Å². The molecule has 2 heterocycles. The average molecular weight is 384 g/mol. The normalized spacial score (nSPS) is 25.4. The Morgan fingerprint density at radius 1 is 1.21 bits per heavy atom. The highest BCUT2D eigenvalue weighted by Crippen LogP contribution is 2.50. The summed E-state index contributed by atoms with van der Waals surface area (Å²) in [6.45, 7) is 11.2. The van der Waals surface area contributed by atoms with Crippen molar-refractivity contribution >= 4 is 6.09 Å². The van der Waals surface area contributed by atoms with Gasteiger partial charge < -0.3 is 14.9 Å². The third kappa shape index (κ3) is 4.50. The number of amides is 1. The van der Waals surface area contributed by atoms with Crippen molar-refractivity contribution in [2.24, 2.45) is 16.7 Å². The Balaban J connectivity index is 1.55. The second-order valence-corrected chi connectivity index (χ2v) is 9.76. The van der Waals surface area contributed by atoms with E-state index in [1.165, 1.54) is 5.56 Å². The molecule has 0 aromatic heterocycles. The van der Waals surface area contributed by atoms with Crippen LogP contribution in [-0.2, 0) is 6.42 Å². The molecule has 2 aliphatic heterocycles. The third-order valence-corrected chi connectivity index (χ3v) is 6.83. The Morgan fingerprint density at radius 3 is 2.54 bits per heavy atom. The van der Waals surface area contributed by atoms with Gasteiger partial charge >= 0.3 is 6.09 Å². The molecule has 2 unspecified atom stereocenters. The fourth-order valence-electron chi connectivity index (χ4n) is 5.02. The summed E-state index contributed by atoms with van der Waals surface area (Å²) >= 11 is 0. The minimum Gasteiger partial charge on any atom is -0.465 e. The van der Waals surface area contributed by atoms with Crippen molar-refractivity contribution in [3.05, 3.63) is 35.4 Å². The first-order chi connectivity index (χ1) is 13.2. The van der Waals surface area contributed by atoms with Gasteiger partial charge in [-0.15, -0.1) is 0 Å². The zero-order valence-corrected chi connectivity index (χ0v) is 17.4. The van der Waals surface area contributed by atoms with Crippen LogP contribution in [0, 0.1) is 28.1 Å². The van der Waals surface area contributed by atoms with E-state index < -0.39 is 6.09 Å². The molecule has 2 aliphatic rings. The average Bonchev–Trinajstić information content (AvgIpc) is 2.64. The molecule has 152 valence electrons. The number of carbonyl (C=O) groups is 1. The molecular weight excluding hydrogens is 350 g/mol. The molecule has 5 heteroatoms. The fraction of sp³-hybridized carbons (Fsp3) is 0.652. The van der Waals surface area contributed by atoms with E-state index in [9.17, 15) is 9.90 Å². The molecule has 5 nitrogen and oxygen atoms in total. The molecule has 1 aromatic carbocycles. The summed E-state index contributed by atoms with van der Waals surface area (Å²) in [7, 11) is 0. The maximum absolute atomic E-state index is 11.6. The van der Waals surface area contributed by atoms with Gasteiger partial charge in [0.05, 0.1) is 11.6 Å². The second-order valence-electron chi connectivity index (χ2n) is 9.76. The predicted octanol–water partition coefficient (Wildman–Crippen LogP) is 4.23. The first-order valence-corrected chi connectivity index (χ1v) is 10.4. The maximum Gasteiger partial charge on any atom is 0.407 e. The van der Waals surface area contributed by atoms with Gasteiger partial charge in [0, 0.05) is 31.6 Å². The number of fused-ring (bicyclic) bond motifs is 2. The van der Waals surface area contributed by atoms with E-state index in [2.05, 4.69) is 43.9 Å². The van der Waals surface area contributed by atoms with Gasteiger partial charge in [-0.3, -0.25) is 0 Å². The number of benzene rings is 1. The van der Waals surface area contributed by atoms with E-state index in [4.69, 9.17) is 5.26 Å². The van der Waals surface area contributed by atoms with Gasteiger partial charge in [0.25, 0.3) is 0 Å². The minimum absolute atomic E-state index is 0.0414. The van der Waals surface area contributed by atoms with Crippen molar-refractivity contribution < 1.29 is 9.90 Å². The Kier molecular flexibility index (Phi) is 6.00. The number of nitriles is 1. The lowest BCUT2D eigenvalue weighted by Crippen LogP contribution is -2.63. The van der Waals surface area contributed by atoms with Crippen molar-refractivity contribution in [1.29, 1.82) is 5.26 Å². The highest BCUT2D eigenvalue weighted by atomic mass is 16.4. The summed E-state index contributed by atoms with van der Waals surface area (Å²) in [5, 5.41) is 18.4. The Hall–Kier alpha value is -2.06. The van der Waals surface area contributed by atoms with Gasteiger partial charge in [0.1, 0.15) is 0 Å². The second kappa shape index (κ2) is 8.13. The number of aryl methyl sites for hydroxylation is 1. The fourth-order valence-corrected chi connectivity index (χ4v) is 5.02. The molecular formula is C23H33N3O2. The molecule has 28 heavy (non-hydrogen) atoms. The molecule has 1 amide bonds. The van der Waals surface area contributed by atoms with Crippen molar-refractivity contribution in [1.82, 2.24) is 9.80 Å². The first kappa shape index (κ1) is 20.7. The summed E-state index contributed by atoms with van der Waals surface area (Å²) in [6, 6.07) is 10.1. The third-order valence-electron chi connectivity index (χ3n) is 6.83. The largest absolute Gasteiger partial charge is 0.465 e. The standard InChI is InChI=1S/C23H33N3O2/c1-22(2,3)23-12-20(15-26(17-23)21(27)28)14-25(16-23)11-5-4-6-18-7-9-19(13-24)10-8-18/h7-10,20H,4-6,11-12,14-17H2,1-3H3,(H,27,28). The molecule has 0 radical (unpaired) electrons. The van der Waals surface area contributed by atoms with E-state index in [-0.39, 0.29) is 10.8 Å². The Bertz CT molecular complexity index is 732. The molecule has 0 spiro atoms. The predicted molar refractivity (Wildman–Crippen MR) is 110 cm³/mol. The van der Waals surface area contributed by atoms with Gasteiger partial charge in [0.15, 0.2) is 0 Å². The van der Waals surface area contributed by atoms with Crippen LogP contribution in [-0.4, -0.2) is 53.7 Å². The highest BCUT2D eigenvalue weighted by molar-refractivity contribution is 5.65. The summed E-state index contributed by atoms with van der Waals surface area (Å²) in [6.07, 6.45) is 3.70. The SMILES string of the molecule is CC(C)(C)C12CC(CN(CCCCc3ccc(C#N)cc3)C1)CN(C(=O)O)C2. The number of nitrogens with zero attached hydrogens (tertiary/aromatic N) is 3. The van der Waals surface area contributed by atoms with Crippen molar-refractivity contribution in [2.45, 2.75) is 46.5 Å². The van der Waals surface area contributed by atoms with Crippen LogP contribution in [0.25, 0.3) is 0 Å². The van der Waals surface area contributed by atoms with E-state index >= 15 is 0 Å². The number of likely N-dealkylation sites (tertiary alicyclic amines) is 2. The van der Waals surface area contributed by atoms with E-state index in [1.54, 1.807) is 4.90 Å². The Labute approximate surface area is 168 Å². The number of hydrogen-bond donors (Lipinski definition) is 1. The van der Waals surface area contributed by atoms with Crippen LogP contribution >= 0.6 is 0 Å². The van der Waals surface area contributed by atoms with Crippen LogP contribution in [0.4, 0.5) is 4.79 Å². The molecule has 1 aromatic rings. The van der Waals surface area contributed by atoms with E-state index in [1.807, 2.05) is 12.1 Å². The lowest BCUT2D eigenvalue weighted by atomic mass is 9.58. The molecule has 2 fully saturated rings. The number of carboxylic acid groups (broad SMARTS) is 1. The van der Waals surface area contributed by atoms with Gasteiger partial charge in [-0.1, -0.05) is 32.9 Å². The van der Waals surface area contributed by atoms with E-state index in [0.717, 1.165) is 45.3 Å². The van der Waals surface area contributed by atoms with Crippen molar-refractivity contribution in [2.75, 3.05) is 32.7 Å². The first-order valence-electron chi connectivity index (χ1n) is 10.4. The topological polar surface area (TPSA) is 67.6 Å². The van der Waals surface area contributed by atoms with Gasteiger partial charge in [-0.25, -0.2) is 4.79 Å². The summed E-state index contributed by atoms with van der Waals surface area (Å²) < 4.78 is 0.